The highest BCUT2D eigenvalue weighted by molar-refractivity contribution is 9.10. The van der Waals surface area contributed by atoms with Crippen molar-refractivity contribution in [1.82, 2.24) is 0 Å². The van der Waals surface area contributed by atoms with Gasteiger partial charge in [0, 0.05) is 15.4 Å². The molecule has 0 saturated heterocycles. The highest BCUT2D eigenvalue weighted by atomic mass is 79.9. The van der Waals surface area contributed by atoms with E-state index in [1.807, 2.05) is 0 Å². The Morgan fingerprint density at radius 1 is 1.12 bits per heavy atom. The molecule has 0 aliphatic carbocycles. The number of hydrogen-bond donors (Lipinski definition) is 1. The summed E-state index contributed by atoms with van der Waals surface area (Å²) in [5.41, 5.74) is -5.36. The lowest BCUT2D eigenvalue weighted by atomic mass is 9.96. The number of benzene rings is 3. The number of rotatable bonds is 8. The van der Waals surface area contributed by atoms with Crippen LogP contribution >= 0.6 is 15.9 Å². The summed E-state index contributed by atoms with van der Waals surface area (Å²) in [6.07, 6.45) is -1.83. The molecule has 34 heavy (non-hydrogen) atoms. The zero-order valence-corrected chi connectivity index (χ0v) is 20.1. The van der Waals surface area contributed by atoms with Gasteiger partial charge in [0.05, 0.1) is 13.7 Å². The van der Waals surface area contributed by atoms with Crippen LogP contribution in [0.4, 0.5) is 13.2 Å². The van der Waals surface area contributed by atoms with Crippen LogP contribution in [-0.4, -0.2) is 32.1 Å². The average Bonchev–Trinajstić information content (AvgIpc) is 2.75. The van der Waals surface area contributed by atoms with Gasteiger partial charge in [-0.3, -0.25) is 0 Å². The number of alkyl halides is 3. The number of hydrogen-bond acceptors (Lipinski definition) is 6. The predicted molar refractivity (Wildman–Crippen MR) is 120 cm³/mol. The topological polar surface area (TPSA) is 99.1 Å². The van der Waals surface area contributed by atoms with Crippen LogP contribution in [0.25, 0.3) is 10.8 Å². The second-order valence-electron chi connectivity index (χ2n) is 7.13. The Hall–Kier alpha value is -2.83. The molecule has 182 valence electrons. The maximum absolute atomic E-state index is 13.1. The van der Waals surface area contributed by atoms with Gasteiger partial charge < -0.3 is 18.8 Å². The first-order valence-corrected chi connectivity index (χ1v) is 11.8. The fourth-order valence-electron chi connectivity index (χ4n) is 3.25. The third-order valence-corrected chi connectivity index (χ3v) is 6.51. The molecule has 3 aromatic rings. The Morgan fingerprint density at radius 3 is 2.32 bits per heavy atom. The first-order valence-electron chi connectivity index (χ1n) is 9.55. The van der Waals surface area contributed by atoms with Gasteiger partial charge in [0.15, 0.2) is 11.9 Å². The minimum atomic E-state index is -6.11. The quantitative estimate of drug-likeness (QED) is 0.286. The summed E-state index contributed by atoms with van der Waals surface area (Å²) in [4.78, 5) is 12.1. The molecule has 3 aromatic carbocycles. The highest BCUT2D eigenvalue weighted by Gasteiger charge is 2.49. The van der Waals surface area contributed by atoms with Crippen LogP contribution in [-0.2, 0) is 26.3 Å². The lowest BCUT2D eigenvalue weighted by molar-refractivity contribution is -0.151. The van der Waals surface area contributed by atoms with Crippen molar-refractivity contribution < 1.29 is 45.1 Å². The smallest absolute Gasteiger partial charge is 0.497 e. The molecule has 0 aliphatic rings. The first kappa shape index (κ1) is 25.8. The van der Waals surface area contributed by atoms with Gasteiger partial charge in [-0.2, -0.15) is 21.6 Å². The molecular weight excluding hydrogens is 545 g/mol. The molecule has 0 bridgehead atoms. The molecule has 0 fully saturated rings. The number of halogens is 4. The van der Waals surface area contributed by atoms with Gasteiger partial charge in [0.2, 0.25) is 0 Å². The van der Waals surface area contributed by atoms with Crippen molar-refractivity contribution in [1.29, 1.82) is 0 Å². The molecule has 7 nitrogen and oxygen atoms in total. The minimum absolute atomic E-state index is 0.0397. The minimum Gasteiger partial charge on any atom is -0.497 e. The van der Waals surface area contributed by atoms with E-state index in [-0.39, 0.29) is 23.1 Å². The zero-order chi connectivity index (χ0) is 25.3. The molecule has 0 spiro atoms. The van der Waals surface area contributed by atoms with Gasteiger partial charge in [0.1, 0.15) is 5.75 Å². The number of carboxylic acid groups (broad SMARTS) is 1. The van der Waals surface area contributed by atoms with Crippen LogP contribution < -0.4 is 8.92 Å². The van der Waals surface area contributed by atoms with Crippen LogP contribution in [0.3, 0.4) is 0 Å². The summed E-state index contributed by atoms with van der Waals surface area (Å²) in [5.74, 6) is -1.75. The summed E-state index contributed by atoms with van der Waals surface area (Å²) < 4.78 is 78.8. The van der Waals surface area contributed by atoms with E-state index < -0.39 is 33.4 Å². The molecule has 0 aliphatic heterocycles. The predicted octanol–water partition coefficient (Wildman–Crippen LogP) is 5.49. The zero-order valence-electron chi connectivity index (χ0n) is 17.7. The van der Waals surface area contributed by atoms with E-state index in [1.165, 1.54) is 32.2 Å². The Bertz CT molecular complexity index is 1320. The molecule has 12 heteroatoms. The maximum Gasteiger partial charge on any atom is 0.534 e. The van der Waals surface area contributed by atoms with E-state index >= 15 is 0 Å². The van der Waals surface area contributed by atoms with Crippen molar-refractivity contribution in [3.05, 3.63) is 69.7 Å². The number of aliphatic carboxylic acids is 1. The van der Waals surface area contributed by atoms with E-state index in [4.69, 9.17) is 9.47 Å². The Morgan fingerprint density at radius 2 is 1.76 bits per heavy atom. The molecule has 1 atom stereocenters. The number of fused-ring (bicyclic) bond motifs is 1. The monoisotopic (exact) mass is 562 g/mol. The van der Waals surface area contributed by atoms with Gasteiger partial charge >= 0.3 is 21.6 Å². The number of carboxylic acids is 1. The largest absolute Gasteiger partial charge is 0.534 e. The highest BCUT2D eigenvalue weighted by Crippen LogP contribution is 2.42. The number of aryl methyl sites for hydroxylation is 1. The van der Waals surface area contributed by atoms with Crippen LogP contribution in [0.15, 0.2) is 53.0 Å². The Balaban J connectivity index is 2.15. The van der Waals surface area contributed by atoms with Gasteiger partial charge in [0.25, 0.3) is 0 Å². The molecule has 0 saturated carbocycles. The maximum atomic E-state index is 13.1. The molecule has 3 rings (SSSR count). The standard InChI is InChI=1S/C22H18BrF3O7S/c1-12-10-16-15(4-3-5-17(16)23)19(33-34(29,30)22(24,25)26)18(12)20(21(27)28)32-11-13-6-8-14(31-2)9-7-13/h3-10,20H,11H2,1-2H3,(H,27,28). The lowest BCUT2D eigenvalue weighted by Crippen LogP contribution is -2.29. The normalized spacial score (nSPS) is 13.0. The molecule has 0 radical (unpaired) electrons. The van der Waals surface area contributed by atoms with Gasteiger partial charge in [-0.25, -0.2) is 4.79 Å². The van der Waals surface area contributed by atoms with Crippen molar-refractivity contribution in [2.45, 2.75) is 25.1 Å². The fourth-order valence-corrected chi connectivity index (χ4v) is 4.23. The van der Waals surface area contributed by atoms with Crippen LogP contribution in [0.1, 0.15) is 22.8 Å². The molecule has 0 amide bonds. The van der Waals surface area contributed by atoms with Crippen LogP contribution in [0, 0.1) is 6.92 Å². The number of methoxy groups -OCH3 is 1. The molecule has 0 aromatic heterocycles. The van der Waals surface area contributed by atoms with E-state index in [0.717, 1.165) is 0 Å². The lowest BCUT2D eigenvalue weighted by Gasteiger charge is -2.22. The summed E-state index contributed by atoms with van der Waals surface area (Å²) in [6.45, 7) is 1.19. The van der Waals surface area contributed by atoms with Gasteiger partial charge in [-0.05, 0) is 47.7 Å². The van der Waals surface area contributed by atoms with Crippen molar-refractivity contribution in [2.24, 2.45) is 0 Å². The number of ether oxygens (including phenoxy) is 2. The molecule has 0 heterocycles. The Kier molecular flexibility index (Phi) is 7.44. The van der Waals surface area contributed by atoms with E-state index in [0.29, 0.717) is 21.2 Å². The van der Waals surface area contributed by atoms with Crippen molar-refractivity contribution >= 4 is 42.8 Å². The van der Waals surface area contributed by atoms with E-state index in [9.17, 15) is 31.5 Å². The number of carbonyl (C=O) groups is 1. The van der Waals surface area contributed by atoms with Gasteiger partial charge in [-0.15, -0.1) is 0 Å². The summed E-state index contributed by atoms with van der Waals surface area (Å²) in [7, 11) is -4.63. The second kappa shape index (κ2) is 9.80. The summed E-state index contributed by atoms with van der Waals surface area (Å²) >= 11 is 3.26. The van der Waals surface area contributed by atoms with Crippen LogP contribution in [0.2, 0.25) is 0 Å². The molecule has 1 N–H and O–H groups in total. The SMILES string of the molecule is COc1ccc(COC(C(=O)O)c2c(C)cc3c(Br)cccc3c2OS(=O)(=O)C(F)(F)F)cc1. The Labute approximate surface area is 201 Å². The molecule has 1 unspecified atom stereocenters. The molecular formula is C22H18BrF3O7S. The van der Waals surface area contributed by atoms with E-state index in [2.05, 4.69) is 20.1 Å². The van der Waals surface area contributed by atoms with E-state index in [1.54, 1.807) is 30.3 Å². The summed E-state index contributed by atoms with van der Waals surface area (Å²) in [5, 5.41) is 10.1. The van der Waals surface area contributed by atoms with Crippen molar-refractivity contribution in [3.8, 4) is 11.5 Å². The van der Waals surface area contributed by atoms with Crippen molar-refractivity contribution in [3.63, 3.8) is 0 Å². The average molecular weight is 563 g/mol. The third kappa shape index (κ3) is 5.29. The fraction of sp³-hybridized carbons (Fsp3) is 0.227. The second-order valence-corrected chi connectivity index (χ2v) is 9.52. The van der Waals surface area contributed by atoms with Crippen molar-refractivity contribution in [2.75, 3.05) is 7.11 Å². The van der Waals surface area contributed by atoms with Gasteiger partial charge in [-0.1, -0.05) is 40.2 Å². The first-order chi connectivity index (χ1) is 15.9. The summed E-state index contributed by atoms with van der Waals surface area (Å²) in [6, 6.07) is 12.4. The van der Waals surface area contributed by atoms with Crippen LogP contribution in [0.5, 0.6) is 11.5 Å². The third-order valence-electron chi connectivity index (χ3n) is 4.87.